The highest BCUT2D eigenvalue weighted by atomic mass is 19.1. The molecule has 2 heterocycles. The van der Waals surface area contributed by atoms with Gasteiger partial charge in [-0.3, -0.25) is 9.78 Å². The van der Waals surface area contributed by atoms with Gasteiger partial charge in [0.1, 0.15) is 11.9 Å². The van der Waals surface area contributed by atoms with E-state index in [1.807, 2.05) is 0 Å². The second-order valence-corrected chi connectivity index (χ2v) is 5.75. The highest BCUT2D eigenvalue weighted by molar-refractivity contribution is 5.76. The van der Waals surface area contributed by atoms with Crippen molar-refractivity contribution in [3.8, 4) is 5.75 Å². The van der Waals surface area contributed by atoms with Gasteiger partial charge in [0.05, 0.1) is 0 Å². The average molecular weight is 334 g/mol. The standard InChI is InChI=1S/C16H19FN4O3/c17-12-3-1-2-4-13(12)24-11-7-9-21(10-8-11)15(22)6-5-14-18-16(23)20-19-14/h1-4,11H,5-10H2,(H2,18,19,20,23). The van der Waals surface area contributed by atoms with Gasteiger partial charge in [0, 0.05) is 38.8 Å². The Bertz CT molecular complexity index is 750. The van der Waals surface area contributed by atoms with Crippen LogP contribution in [0.1, 0.15) is 25.1 Å². The molecule has 8 heteroatoms. The quantitative estimate of drug-likeness (QED) is 0.861. The van der Waals surface area contributed by atoms with Crippen LogP contribution < -0.4 is 10.4 Å². The fourth-order valence-corrected chi connectivity index (χ4v) is 2.75. The van der Waals surface area contributed by atoms with E-state index >= 15 is 0 Å². The van der Waals surface area contributed by atoms with Crippen molar-refractivity contribution < 1.29 is 13.9 Å². The Labute approximate surface area is 137 Å². The summed E-state index contributed by atoms with van der Waals surface area (Å²) in [6, 6.07) is 6.33. The monoisotopic (exact) mass is 334 g/mol. The Balaban J connectivity index is 1.45. The van der Waals surface area contributed by atoms with Crippen LogP contribution in [0.3, 0.4) is 0 Å². The number of hydrogen-bond acceptors (Lipinski definition) is 4. The maximum Gasteiger partial charge on any atom is 0.340 e. The molecule has 24 heavy (non-hydrogen) atoms. The number of benzene rings is 1. The predicted octanol–water partition coefficient (Wildman–Crippen LogP) is 1.24. The van der Waals surface area contributed by atoms with Crippen LogP contribution in [0.4, 0.5) is 4.39 Å². The third-order valence-electron chi connectivity index (χ3n) is 4.05. The number of nitrogens with one attached hydrogen (secondary N) is 2. The molecule has 1 fully saturated rings. The number of para-hydroxylation sites is 1. The summed E-state index contributed by atoms with van der Waals surface area (Å²) in [5.74, 6) is 0.378. The van der Waals surface area contributed by atoms with Crippen molar-refractivity contribution in [2.75, 3.05) is 13.1 Å². The van der Waals surface area contributed by atoms with E-state index in [4.69, 9.17) is 4.74 Å². The fraction of sp³-hybridized carbons (Fsp3) is 0.438. The summed E-state index contributed by atoms with van der Waals surface area (Å²) in [5.41, 5.74) is -0.372. The maximum absolute atomic E-state index is 13.6. The third kappa shape index (κ3) is 4.01. The van der Waals surface area contributed by atoms with E-state index in [-0.39, 0.29) is 29.3 Å². The fourth-order valence-electron chi connectivity index (χ4n) is 2.75. The summed E-state index contributed by atoms with van der Waals surface area (Å²) >= 11 is 0. The Morgan fingerprint density at radius 3 is 2.75 bits per heavy atom. The largest absolute Gasteiger partial charge is 0.487 e. The second-order valence-electron chi connectivity index (χ2n) is 5.75. The first-order valence-electron chi connectivity index (χ1n) is 7.94. The lowest BCUT2D eigenvalue weighted by Crippen LogP contribution is -2.42. The smallest absolute Gasteiger partial charge is 0.340 e. The minimum absolute atomic E-state index is 0.0168. The van der Waals surface area contributed by atoms with Crippen LogP contribution in [0.15, 0.2) is 29.1 Å². The zero-order valence-corrected chi connectivity index (χ0v) is 13.1. The molecular formula is C16H19FN4O3. The minimum Gasteiger partial charge on any atom is -0.487 e. The van der Waals surface area contributed by atoms with Crippen molar-refractivity contribution in [2.45, 2.75) is 31.8 Å². The number of rotatable bonds is 5. The molecule has 0 aliphatic carbocycles. The molecule has 7 nitrogen and oxygen atoms in total. The Hall–Kier alpha value is -2.64. The number of aromatic amines is 2. The highest BCUT2D eigenvalue weighted by Crippen LogP contribution is 2.22. The molecule has 3 rings (SSSR count). The number of carbonyl (C=O) groups excluding carboxylic acids is 1. The molecule has 1 aliphatic heterocycles. The van der Waals surface area contributed by atoms with Gasteiger partial charge >= 0.3 is 5.69 Å². The number of aromatic nitrogens is 3. The van der Waals surface area contributed by atoms with Crippen LogP contribution in [-0.4, -0.2) is 45.2 Å². The van der Waals surface area contributed by atoms with Gasteiger partial charge in [-0.2, -0.15) is 5.10 Å². The molecule has 0 unspecified atom stereocenters. The van der Waals surface area contributed by atoms with Gasteiger partial charge in [-0.1, -0.05) is 12.1 Å². The maximum atomic E-state index is 13.6. The summed E-state index contributed by atoms with van der Waals surface area (Å²) in [7, 11) is 0. The van der Waals surface area contributed by atoms with E-state index in [2.05, 4.69) is 15.2 Å². The molecule has 1 aromatic heterocycles. The van der Waals surface area contributed by atoms with Gasteiger partial charge in [-0.25, -0.2) is 14.3 Å². The molecule has 2 N–H and O–H groups in total. The lowest BCUT2D eigenvalue weighted by Gasteiger charge is -2.32. The number of H-pyrrole nitrogens is 2. The normalized spacial score (nSPS) is 15.5. The highest BCUT2D eigenvalue weighted by Gasteiger charge is 2.24. The number of amides is 1. The molecule has 0 saturated carbocycles. The van der Waals surface area contributed by atoms with Crippen molar-refractivity contribution in [1.82, 2.24) is 20.1 Å². The van der Waals surface area contributed by atoms with Crippen LogP contribution in [0.25, 0.3) is 0 Å². The SMILES string of the molecule is O=C(CCc1n[nH]c(=O)[nH]1)N1CCC(Oc2ccccc2F)CC1. The summed E-state index contributed by atoms with van der Waals surface area (Å²) in [6.45, 7) is 1.16. The molecule has 128 valence electrons. The predicted molar refractivity (Wildman–Crippen MR) is 84.2 cm³/mol. The zero-order chi connectivity index (χ0) is 16.9. The molecule has 0 radical (unpaired) electrons. The topological polar surface area (TPSA) is 91.1 Å². The molecule has 2 aromatic rings. The van der Waals surface area contributed by atoms with Gasteiger partial charge in [-0.05, 0) is 12.1 Å². The third-order valence-corrected chi connectivity index (χ3v) is 4.05. The Morgan fingerprint density at radius 1 is 1.33 bits per heavy atom. The van der Waals surface area contributed by atoms with Gasteiger partial charge < -0.3 is 9.64 Å². The zero-order valence-electron chi connectivity index (χ0n) is 13.1. The number of carbonyl (C=O) groups is 1. The van der Waals surface area contributed by atoms with Crippen LogP contribution in [-0.2, 0) is 11.2 Å². The Morgan fingerprint density at radius 2 is 2.08 bits per heavy atom. The summed E-state index contributed by atoms with van der Waals surface area (Å²) in [5, 5.41) is 6.05. The van der Waals surface area contributed by atoms with Gasteiger partial charge in [0.25, 0.3) is 0 Å². The van der Waals surface area contributed by atoms with E-state index in [1.54, 1.807) is 23.1 Å². The van der Waals surface area contributed by atoms with E-state index in [1.165, 1.54) is 6.07 Å². The summed E-state index contributed by atoms with van der Waals surface area (Å²) in [4.78, 5) is 27.4. The molecule has 1 amide bonds. The first kappa shape index (κ1) is 16.2. The molecule has 1 aromatic carbocycles. The Kier molecular flexibility index (Phi) is 4.93. The number of halogens is 1. The van der Waals surface area contributed by atoms with Crippen LogP contribution in [0, 0.1) is 5.82 Å². The lowest BCUT2D eigenvalue weighted by molar-refractivity contribution is -0.133. The van der Waals surface area contributed by atoms with E-state index in [9.17, 15) is 14.0 Å². The number of hydrogen-bond donors (Lipinski definition) is 2. The average Bonchev–Trinajstić information content (AvgIpc) is 3.01. The van der Waals surface area contributed by atoms with Crippen molar-refractivity contribution in [2.24, 2.45) is 0 Å². The molecule has 0 spiro atoms. The number of piperidine rings is 1. The number of aryl methyl sites for hydroxylation is 1. The molecule has 1 aliphatic rings. The number of nitrogens with zero attached hydrogens (tertiary/aromatic N) is 2. The second kappa shape index (κ2) is 7.29. The first-order chi connectivity index (χ1) is 11.6. The van der Waals surface area contributed by atoms with E-state index in [0.717, 1.165) is 0 Å². The molecule has 0 bridgehead atoms. The molecule has 0 atom stereocenters. The molecule has 1 saturated heterocycles. The van der Waals surface area contributed by atoms with E-state index < -0.39 is 0 Å². The number of likely N-dealkylation sites (tertiary alicyclic amines) is 1. The van der Waals surface area contributed by atoms with Crippen molar-refractivity contribution >= 4 is 5.91 Å². The van der Waals surface area contributed by atoms with E-state index in [0.29, 0.717) is 44.6 Å². The first-order valence-corrected chi connectivity index (χ1v) is 7.94. The van der Waals surface area contributed by atoms with Crippen molar-refractivity contribution in [3.63, 3.8) is 0 Å². The minimum atomic E-state index is -0.372. The van der Waals surface area contributed by atoms with Gasteiger partial charge in [0.15, 0.2) is 11.6 Å². The summed E-state index contributed by atoms with van der Waals surface area (Å²) in [6.07, 6.45) is 1.93. The van der Waals surface area contributed by atoms with Crippen LogP contribution >= 0.6 is 0 Å². The van der Waals surface area contributed by atoms with Crippen molar-refractivity contribution in [3.05, 3.63) is 46.4 Å². The molecular weight excluding hydrogens is 315 g/mol. The van der Waals surface area contributed by atoms with Crippen LogP contribution in [0.5, 0.6) is 5.75 Å². The van der Waals surface area contributed by atoms with Crippen LogP contribution in [0.2, 0.25) is 0 Å². The van der Waals surface area contributed by atoms with Crippen molar-refractivity contribution in [1.29, 1.82) is 0 Å². The lowest BCUT2D eigenvalue weighted by atomic mass is 10.1. The number of ether oxygens (including phenoxy) is 1. The van der Waals surface area contributed by atoms with Gasteiger partial charge in [-0.15, -0.1) is 0 Å². The van der Waals surface area contributed by atoms with Gasteiger partial charge in [0.2, 0.25) is 5.91 Å². The summed E-state index contributed by atoms with van der Waals surface area (Å²) < 4.78 is 19.3.